The van der Waals surface area contributed by atoms with Gasteiger partial charge in [-0.15, -0.1) is 0 Å². The molecule has 1 saturated heterocycles. The lowest BCUT2D eigenvalue weighted by Crippen LogP contribution is -2.49. The van der Waals surface area contributed by atoms with Crippen LogP contribution in [0, 0.1) is 0 Å². The number of aromatic carboxylic acids is 1. The molecule has 1 heterocycles. The lowest BCUT2D eigenvalue weighted by atomic mass is 9.99. The molecular formula is C12H16N2O2. The van der Waals surface area contributed by atoms with Crippen LogP contribution in [0.25, 0.3) is 0 Å². The predicted molar refractivity (Wildman–Crippen MR) is 61.8 cm³/mol. The van der Waals surface area contributed by atoms with Crippen molar-refractivity contribution in [2.75, 3.05) is 19.6 Å². The molecule has 1 aliphatic rings. The first kappa shape index (κ1) is 11.1. The van der Waals surface area contributed by atoms with E-state index in [1.807, 2.05) is 12.1 Å². The van der Waals surface area contributed by atoms with E-state index in [4.69, 9.17) is 5.11 Å². The number of carbonyl (C=O) groups is 1. The molecule has 0 bridgehead atoms. The van der Waals surface area contributed by atoms with Crippen LogP contribution >= 0.6 is 0 Å². The molecule has 1 atom stereocenters. The van der Waals surface area contributed by atoms with Crippen LogP contribution in [0.5, 0.6) is 0 Å². The Morgan fingerprint density at radius 3 is 2.88 bits per heavy atom. The number of hydrogen-bond acceptors (Lipinski definition) is 3. The molecule has 3 N–H and O–H groups in total. The van der Waals surface area contributed by atoms with Crippen molar-refractivity contribution in [1.29, 1.82) is 0 Å². The topological polar surface area (TPSA) is 61.4 Å². The van der Waals surface area contributed by atoms with Crippen molar-refractivity contribution in [2.45, 2.75) is 12.5 Å². The summed E-state index contributed by atoms with van der Waals surface area (Å²) in [5, 5.41) is 15.7. The van der Waals surface area contributed by atoms with Gasteiger partial charge in [0.25, 0.3) is 0 Å². The maximum absolute atomic E-state index is 11.0. The minimum atomic E-state index is -0.848. The van der Waals surface area contributed by atoms with Crippen molar-refractivity contribution >= 4 is 5.97 Å². The van der Waals surface area contributed by atoms with Crippen molar-refractivity contribution in [2.24, 2.45) is 0 Å². The number of hydrogen-bond donors (Lipinski definition) is 3. The SMILES string of the molecule is O=C(O)c1ccccc1C[C@H]1CNCCN1. The first-order chi connectivity index (χ1) is 7.77. The predicted octanol–water partition coefficient (Wildman–Crippen LogP) is 0.489. The number of carboxylic acids is 1. The summed E-state index contributed by atoms with van der Waals surface area (Å²) in [6.07, 6.45) is 0.759. The van der Waals surface area contributed by atoms with Crippen molar-refractivity contribution in [1.82, 2.24) is 10.6 Å². The summed E-state index contributed by atoms with van der Waals surface area (Å²) in [7, 11) is 0. The van der Waals surface area contributed by atoms with E-state index in [1.165, 1.54) is 0 Å². The Morgan fingerprint density at radius 1 is 1.38 bits per heavy atom. The number of carboxylic acid groups (broad SMARTS) is 1. The molecule has 0 unspecified atom stereocenters. The van der Waals surface area contributed by atoms with Crippen LogP contribution < -0.4 is 10.6 Å². The Kier molecular flexibility index (Phi) is 3.54. The molecule has 1 aromatic rings. The van der Waals surface area contributed by atoms with Crippen LogP contribution in [0.2, 0.25) is 0 Å². The average Bonchev–Trinajstić information content (AvgIpc) is 2.31. The molecule has 4 heteroatoms. The molecular weight excluding hydrogens is 204 g/mol. The standard InChI is InChI=1S/C12H16N2O2/c15-12(16)11-4-2-1-3-9(11)7-10-8-13-5-6-14-10/h1-4,10,13-14H,5-8H2,(H,15,16)/t10-/m0/s1. The van der Waals surface area contributed by atoms with Crippen LogP contribution in [-0.4, -0.2) is 36.8 Å². The normalized spacial score (nSPS) is 20.6. The number of benzene rings is 1. The molecule has 0 saturated carbocycles. The van der Waals surface area contributed by atoms with Crippen molar-refractivity contribution in [3.8, 4) is 0 Å². The highest BCUT2D eigenvalue weighted by atomic mass is 16.4. The molecule has 0 aromatic heterocycles. The zero-order chi connectivity index (χ0) is 11.4. The van der Waals surface area contributed by atoms with Gasteiger partial charge in [-0.3, -0.25) is 0 Å². The van der Waals surface area contributed by atoms with Gasteiger partial charge in [-0.1, -0.05) is 18.2 Å². The van der Waals surface area contributed by atoms with Crippen LogP contribution in [0.4, 0.5) is 0 Å². The molecule has 0 spiro atoms. The van der Waals surface area contributed by atoms with Crippen LogP contribution in [0.1, 0.15) is 15.9 Å². The van der Waals surface area contributed by atoms with Gasteiger partial charge in [-0.25, -0.2) is 4.79 Å². The van der Waals surface area contributed by atoms with E-state index in [0.717, 1.165) is 31.6 Å². The monoisotopic (exact) mass is 220 g/mol. The quantitative estimate of drug-likeness (QED) is 0.693. The summed E-state index contributed by atoms with van der Waals surface area (Å²) in [4.78, 5) is 11.0. The highest BCUT2D eigenvalue weighted by Gasteiger charge is 2.16. The third-order valence-electron chi connectivity index (χ3n) is 2.84. The smallest absolute Gasteiger partial charge is 0.335 e. The second-order valence-corrected chi connectivity index (χ2v) is 4.02. The zero-order valence-electron chi connectivity index (χ0n) is 9.07. The van der Waals surface area contributed by atoms with E-state index in [2.05, 4.69) is 10.6 Å². The molecule has 0 aliphatic carbocycles. The van der Waals surface area contributed by atoms with E-state index >= 15 is 0 Å². The highest BCUT2D eigenvalue weighted by molar-refractivity contribution is 5.89. The molecule has 1 aliphatic heterocycles. The summed E-state index contributed by atoms with van der Waals surface area (Å²) in [5.41, 5.74) is 1.31. The zero-order valence-corrected chi connectivity index (χ0v) is 9.07. The van der Waals surface area contributed by atoms with E-state index in [-0.39, 0.29) is 0 Å². The van der Waals surface area contributed by atoms with Gasteiger partial charge in [0.15, 0.2) is 0 Å². The number of nitrogens with one attached hydrogen (secondary N) is 2. The second kappa shape index (κ2) is 5.09. The maximum Gasteiger partial charge on any atom is 0.335 e. The Morgan fingerprint density at radius 2 is 2.19 bits per heavy atom. The van der Waals surface area contributed by atoms with E-state index < -0.39 is 5.97 Å². The third kappa shape index (κ3) is 2.59. The lowest BCUT2D eigenvalue weighted by molar-refractivity contribution is 0.0695. The van der Waals surface area contributed by atoms with Gasteiger partial charge in [0.2, 0.25) is 0 Å². The van der Waals surface area contributed by atoms with E-state index in [0.29, 0.717) is 11.6 Å². The second-order valence-electron chi connectivity index (χ2n) is 4.02. The summed E-state index contributed by atoms with van der Waals surface area (Å²) in [5.74, 6) is -0.848. The number of rotatable bonds is 3. The van der Waals surface area contributed by atoms with Gasteiger partial charge in [-0.05, 0) is 18.1 Å². The Labute approximate surface area is 94.7 Å². The summed E-state index contributed by atoms with van der Waals surface area (Å²) in [6.45, 7) is 2.82. The minimum Gasteiger partial charge on any atom is -0.478 e. The molecule has 86 valence electrons. The van der Waals surface area contributed by atoms with Gasteiger partial charge >= 0.3 is 5.97 Å². The van der Waals surface area contributed by atoms with Crippen molar-refractivity contribution in [3.05, 3.63) is 35.4 Å². The Bertz CT molecular complexity index is 373. The molecule has 1 fully saturated rings. The van der Waals surface area contributed by atoms with Gasteiger partial charge in [0.1, 0.15) is 0 Å². The molecule has 4 nitrogen and oxygen atoms in total. The first-order valence-corrected chi connectivity index (χ1v) is 5.52. The van der Waals surface area contributed by atoms with E-state index in [1.54, 1.807) is 12.1 Å². The maximum atomic E-state index is 11.0. The fourth-order valence-corrected chi connectivity index (χ4v) is 2.03. The highest BCUT2D eigenvalue weighted by Crippen LogP contribution is 2.11. The van der Waals surface area contributed by atoms with E-state index in [9.17, 15) is 4.79 Å². The summed E-state index contributed by atoms with van der Waals surface area (Å²) in [6, 6.07) is 7.53. The fourth-order valence-electron chi connectivity index (χ4n) is 2.03. The van der Waals surface area contributed by atoms with Gasteiger partial charge < -0.3 is 15.7 Å². The van der Waals surface area contributed by atoms with Crippen LogP contribution in [0.15, 0.2) is 24.3 Å². The first-order valence-electron chi connectivity index (χ1n) is 5.52. The largest absolute Gasteiger partial charge is 0.478 e. The number of piperazine rings is 1. The van der Waals surface area contributed by atoms with Crippen molar-refractivity contribution < 1.29 is 9.90 Å². The van der Waals surface area contributed by atoms with Gasteiger partial charge in [0.05, 0.1) is 5.56 Å². The van der Waals surface area contributed by atoms with Crippen molar-refractivity contribution in [3.63, 3.8) is 0 Å². The fraction of sp³-hybridized carbons (Fsp3) is 0.417. The molecule has 0 amide bonds. The van der Waals surface area contributed by atoms with Crippen LogP contribution in [-0.2, 0) is 6.42 Å². The van der Waals surface area contributed by atoms with Crippen LogP contribution in [0.3, 0.4) is 0 Å². The summed E-state index contributed by atoms with van der Waals surface area (Å²) >= 11 is 0. The van der Waals surface area contributed by atoms with Gasteiger partial charge in [0, 0.05) is 25.7 Å². The Hall–Kier alpha value is -1.39. The van der Waals surface area contributed by atoms with Gasteiger partial charge in [-0.2, -0.15) is 0 Å². The summed E-state index contributed by atoms with van der Waals surface area (Å²) < 4.78 is 0. The Balaban J connectivity index is 2.10. The molecule has 16 heavy (non-hydrogen) atoms. The minimum absolute atomic E-state index is 0.328. The third-order valence-corrected chi connectivity index (χ3v) is 2.84. The molecule has 1 aromatic carbocycles. The molecule has 2 rings (SSSR count). The molecule has 0 radical (unpaired) electrons. The lowest BCUT2D eigenvalue weighted by Gasteiger charge is -2.25. The average molecular weight is 220 g/mol.